The van der Waals surface area contributed by atoms with Crippen molar-refractivity contribution in [2.75, 3.05) is 31.6 Å². The molecule has 34 heavy (non-hydrogen) atoms. The van der Waals surface area contributed by atoms with E-state index in [0.29, 0.717) is 37.1 Å². The first-order chi connectivity index (χ1) is 16.2. The lowest BCUT2D eigenvalue weighted by atomic mass is 10.0. The molecular formula is C23H27FN4O5S. The minimum atomic E-state index is -0.682. The summed E-state index contributed by atoms with van der Waals surface area (Å²) in [7, 11) is 0. The molecule has 0 saturated carbocycles. The van der Waals surface area contributed by atoms with Gasteiger partial charge in [-0.15, -0.1) is 11.3 Å². The molecule has 1 aromatic carbocycles. The lowest BCUT2D eigenvalue weighted by Crippen LogP contribution is -2.46. The zero-order valence-electron chi connectivity index (χ0n) is 19.0. The number of nitrogens with two attached hydrogens (primary N) is 1. The number of hydrogen-bond acceptors (Lipinski definition) is 7. The van der Waals surface area contributed by atoms with Crippen LogP contribution in [0.1, 0.15) is 55.7 Å². The Morgan fingerprint density at radius 2 is 1.82 bits per heavy atom. The van der Waals surface area contributed by atoms with Gasteiger partial charge in [-0.1, -0.05) is 0 Å². The number of carbonyl (C=O) groups is 4. The van der Waals surface area contributed by atoms with E-state index in [2.05, 4.69) is 10.6 Å². The largest absolute Gasteiger partial charge is 0.462 e. The van der Waals surface area contributed by atoms with Gasteiger partial charge in [0.1, 0.15) is 10.8 Å². The summed E-state index contributed by atoms with van der Waals surface area (Å²) in [4.78, 5) is 51.2. The number of likely N-dealkylation sites (tertiary alicyclic amines) is 1. The number of benzene rings is 1. The third-order valence-electron chi connectivity index (χ3n) is 5.50. The van der Waals surface area contributed by atoms with Crippen LogP contribution in [-0.2, 0) is 9.53 Å². The second-order valence-electron chi connectivity index (χ2n) is 7.92. The lowest BCUT2D eigenvalue weighted by Gasteiger charge is -2.31. The standard InChI is InChI=1S/C23H27FN4O5S/c1-3-33-23(32)18-13(2)19(20(25)30)34-22(18)27-17(29)12-28-10-8-16(9-11-28)26-21(31)14-4-6-15(24)7-5-14/h4-7,16H,3,8-12H2,1-2H3,(H2,25,30)(H,26,31)(H,27,29). The van der Waals surface area contributed by atoms with Crippen molar-refractivity contribution >= 4 is 40.0 Å². The number of nitrogens with one attached hydrogen (secondary N) is 2. The van der Waals surface area contributed by atoms with Gasteiger partial charge in [0.05, 0.1) is 23.6 Å². The van der Waals surface area contributed by atoms with E-state index < -0.39 is 17.7 Å². The second-order valence-corrected chi connectivity index (χ2v) is 8.94. The van der Waals surface area contributed by atoms with Gasteiger partial charge in [0.2, 0.25) is 5.91 Å². The molecule has 0 atom stereocenters. The van der Waals surface area contributed by atoms with Crippen molar-refractivity contribution in [3.63, 3.8) is 0 Å². The maximum Gasteiger partial charge on any atom is 0.341 e. The van der Waals surface area contributed by atoms with Crippen molar-refractivity contribution in [2.24, 2.45) is 5.73 Å². The average molecular weight is 491 g/mol. The van der Waals surface area contributed by atoms with Gasteiger partial charge in [0, 0.05) is 24.7 Å². The molecule has 9 nitrogen and oxygen atoms in total. The molecule has 0 aliphatic carbocycles. The number of thiophene rings is 1. The molecule has 0 unspecified atom stereocenters. The average Bonchev–Trinajstić information content (AvgIpc) is 3.11. The predicted octanol–water partition coefficient (Wildman–Crippen LogP) is 2.30. The molecule has 0 bridgehead atoms. The summed E-state index contributed by atoms with van der Waals surface area (Å²) in [5.41, 5.74) is 6.30. The van der Waals surface area contributed by atoms with Crippen molar-refractivity contribution in [3.05, 3.63) is 51.7 Å². The summed E-state index contributed by atoms with van der Waals surface area (Å²) in [5, 5.41) is 5.88. The molecule has 1 saturated heterocycles. The van der Waals surface area contributed by atoms with Gasteiger partial charge < -0.3 is 21.1 Å². The first kappa shape index (κ1) is 25.3. The van der Waals surface area contributed by atoms with E-state index in [1.54, 1.807) is 13.8 Å². The molecule has 1 aliphatic rings. The summed E-state index contributed by atoms with van der Waals surface area (Å²) in [6.07, 6.45) is 1.30. The Balaban J connectivity index is 1.55. The highest BCUT2D eigenvalue weighted by atomic mass is 32.1. The number of ether oxygens (including phenoxy) is 1. The number of carbonyl (C=O) groups excluding carboxylic acids is 4. The number of hydrogen-bond donors (Lipinski definition) is 3. The fourth-order valence-electron chi connectivity index (χ4n) is 3.76. The van der Waals surface area contributed by atoms with Crippen molar-refractivity contribution < 1.29 is 28.3 Å². The fourth-order valence-corrected chi connectivity index (χ4v) is 4.82. The van der Waals surface area contributed by atoms with Crippen LogP contribution in [-0.4, -0.2) is 60.9 Å². The summed E-state index contributed by atoms with van der Waals surface area (Å²) < 4.78 is 18.1. The molecule has 0 radical (unpaired) electrons. The Morgan fingerprint density at radius 1 is 1.18 bits per heavy atom. The molecule has 2 heterocycles. The van der Waals surface area contributed by atoms with Crippen LogP contribution in [0.2, 0.25) is 0 Å². The number of esters is 1. The highest BCUT2D eigenvalue weighted by molar-refractivity contribution is 7.18. The van der Waals surface area contributed by atoms with Crippen LogP contribution >= 0.6 is 11.3 Å². The quantitative estimate of drug-likeness (QED) is 0.487. The molecule has 0 spiro atoms. The van der Waals surface area contributed by atoms with Gasteiger partial charge >= 0.3 is 5.97 Å². The van der Waals surface area contributed by atoms with Gasteiger partial charge in [-0.05, 0) is 56.5 Å². The summed E-state index contributed by atoms with van der Waals surface area (Å²) in [5.74, 6) is -2.31. The minimum absolute atomic E-state index is 0.0506. The summed E-state index contributed by atoms with van der Waals surface area (Å²) in [6, 6.07) is 5.30. The van der Waals surface area contributed by atoms with Crippen LogP contribution in [0.3, 0.4) is 0 Å². The number of primary amides is 1. The fraction of sp³-hybridized carbons (Fsp3) is 0.391. The molecular weight excluding hydrogens is 463 g/mol. The van der Waals surface area contributed by atoms with Crippen LogP contribution in [0, 0.1) is 12.7 Å². The van der Waals surface area contributed by atoms with Crippen molar-refractivity contribution in [1.82, 2.24) is 10.2 Å². The third kappa shape index (κ3) is 6.17. The van der Waals surface area contributed by atoms with Crippen LogP contribution < -0.4 is 16.4 Å². The Kier molecular flexibility index (Phi) is 8.35. The highest BCUT2D eigenvalue weighted by Gasteiger charge is 2.27. The SMILES string of the molecule is CCOC(=O)c1c(NC(=O)CN2CCC(NC(=O)c3ccc(F)cc3)CC2)sc(C(N)=O)c1C. The van der Waals surface area contributed by atoms with E-state index >= 15 is 0 Å². The van der Waals surface area contributed by atoms with Gasteiger partial charge in [-0.2, -0.15) is 0 Å². The highest BCUT2D eigenvalue weighted by Crippen LogP contribution is 2.33. The lowest BCUT2D eigenvalue weighted by molar-refractivity contribution is -0.117. The maximum atomic E-state index is 13.0. The van der Waals surface area contributed by atoms with E-state index in [-0.39, 0.29) is 46.4 Å². The van der Waals surface area contributed by atoms with Crippen molar-refractivity contribution in [2.45, 2.75) is 32.7 Å². The van der Waals surface area contributed by atoms with Gasteiger partial charge in [-0.3, -0.25) is 19.3 Å². The van der Waals surface area contributed by atoms with Crippen LogP contribution in [0.15, 0.2) is 24.3 Å². The zero-order chi connectivity index (χ0) is 24.8. The van der Waals surface area contributed by atoms with E-state index in [1.165, 1.54) is 24.3 Å². The van der Waals surface area contributed by atoms with Crippen molar-refractivity contribution in [1.29, 1.82) is 0 Å². The third-order valence-corrected chi connectivity index (χ3v) is 6.72. The number of nitrogens with zero attached hydrogens (tertiary/aromatic N) is 1. The Morgan fingerprint density at radius 3 is 2.41 bits per heavy atom. The molecule has 3 amide bonds. The molecule has 1 fully saturated rings. The molecule has 2 aromatic rings. The van der Waals surface area contributed by atoms with Gasteiger partial charge in [0.25, 0.3) is 11.8 Å². The molecule has 11 heteroatoms. The molecule has 1 aliphatic heterocycles. The van der Waals surface area contributed by atoms with E-state index in [4.69, 9.17) is 10.5 Å². The molecule has 1 aromatic heterocycles. The zero-order valence-corrected chi connectivity index (χ0v) is 19.8. The van der Waals surface area contributed by atoms with Crippen LogP contribution in [0.5, 0.6) is 0 Å². The van der Waals surface area contributed by atoms with E-state index in [0.717, 1.165) is 11.3 Å². The van der Waals surface area contributed by atoms with Crippen LogP contribution in [0.4, 0.5) is 9.39 Å². The molecule has 182 valence electrons. The first-order valence-electron chi connectivity index (χ1n) is 10.9. The summed E-state index contributed by atoms with van der Waals surface area (Å²) >= 11 is 0.948. The molecule has 3 rings (SSSR count). The smallest absolute Gasteiger partial charge is 0.341 e. The summed E-state index contributed by atoms with van der Waals surface area (Å²) in [6.45, 7) is 4.66. The number of anilines is 1. The Bertz CT molecular complexity index is 1080. The van der Waals surface area contributed by atoms with Gasteiger partial charge in [-0.25, -0.2) is 9.18 Å². The Hall–Kier alpha value is -3.31. The van der Waals surface area contributed by atoms with E-state index in [1.807, 2.05) is 4.90 Å². The van der Waals surface area contributed by atoms with E-state index in [9.17, 15) is 23.6 Å². The van der Waals surface area contributed by atoms with Crippen molar-refractivity contribution in [3.8, 4) is 0 Å². The monoisotopic (exact) mass is 490 g/mol. The Labute approximate surface area is 200 Å². The van der Waals surface area contributed by atoms with Gasteiger partial charge in [0.15, 0.2) is 0 Å². The molecule has 4 N–H and O–H groups in total. The first-order valence-corrected chi connectivity index (χ1v) is 11.7. The van der Waals surface area contributed by atoms with Crippen LogP contribution in [0.25, 0.3) is 0 Å². The second kappa shape index (κ2) is 11.2. The normalized spacial score (nSPS) is 14.4. The number of rotatable bonds is 8. The minimum Gasteiger partial charge on any atom is -0.462 e. The predicted molar refractivity (Wildman–Crippen MR) is 125 cm³/mol. The number of piperidine rings is 1. The number of halogens is 1. The topological polar surface area (TPSA) is 131 Å². The number of amides is 3. The maximum absolute atomic E-state index is 13.0.